The molecule has 0 saturated carbocycles. The molecule has 0 aromatic heterocycles. The third kappa shape index (κ3) is 4.30. The van der Waals surface area contributed by atoms with Gasteiger partial charge in [-0.25, -0.2) is 17.6 Å². The van der Waals surface area contributed by atoms with Crippen molar-refractivity contribution in [2.45, 2.75) is 20.5 Å². The van der Waals surface area contributed by atoms with Crippen LogP contribution in [0.2, 0.25) is 0 Å². The molecule has 3 rings (SSSR count). The molecule has 28 heavy (non-hydrogen) atoms. The number of hydrogen-bond donors (Lipinski definition) is 0. The van der Waals surface area contributed by atoms with E-state index in [1.54, 1.807) is 13.0 Å². The summed E-state index contributed by atoms with van der Waals surface area (Å²) >= 11 is 0. The highest BCUT2D eigenvalue weighted by Crippen LogP contribution is 2.34. The van der Waals surface area contributed by atoms with Crippen molar-refractivity contribution in [2.24, 2.45) is 0 Å². The number of rotatable bonds is 4. The Kier molecular flexibility index (Phi) is 6.07. The van der Waals surface area contributed by atoms with Crippen molar-refractivity contribution in [2.75, 3.05) is 0 Å². The molecule has 3 aromatic carbocycles. The van der Waals surface area contributed by atoms with E-state index in [1.165, 1.54) is 24.3 Å². The molecule has 148 valence electrons. The second kappa shape index (κ2) is 7.96. The Morgan fingerprint density at radius 3 is 1.86 bits per heavy atom. The molecule has 0 amide bonds. The summed E-state index contributed by atoms with van der Waals surface area (Å²) in [5.41, 5.74) is 0.695. The van der Waals surface area contributed by atoms with Gasteiger partial charge in [-0.1, -0.05) is 31.7 Å². The summed E-state index contributed by atoms with van der Waals surface area (Å²) < 4.78 is 86.0. The predicted molar refractivity (Wildman–Crippen MR) is 94.1 cm³/mol. The second-order valence-corrected chi connectivity index (χ2v) is 5.88. The van der Waals surface area contributed by atoms with E-state index in [4.69, 9.17) is 0 Å². The highest BCUT2D eigenvalue weighted by molar-refractivity contribution is 5.64. The molecule has 0 aliphatic carbocycles. The number of hydrogen-bond acceptors (Lipinski definition) is 1. The minimum atomic E-state index is -3.94. The molecule has 0 aliphatic rings. The Morgan fingerprint density at radius 1 is 0.750 bits per heavy atom. The Hall–Kier alpha value is -2.96. The Labute approximate surface area is 158 Å². The van der Waals surface area contributed by atoms with Crippen LogP contribution in [0.25, 0.3) is 11.1 Å². The molecule has 0 heterocycles. The first-order valence-corrected chi connectivity index (χ1v) is 7.76. The van der Waals surface area contributed by atoms with Crippen LogP contribution in [0.15, 0.2) is 54.6 Å². The van der Waals surface area contributed by atoms with E-state index < -0.39 is 40.7 Å². The number of halogens is 6. The normalized spacial score (nSPS) is 11.1. The Morgan fingerprint density at radius 2 is 1.32 bits per heavy atom. The van der Waals surface area contributed by atoms with E-state index in [9.17, 15) is 26.3 Å². The zero-order chi connectivity index (χ0) is 19.8. The Bertz CT molecular complexity index is 960. The molecule has 0 saturated heterocycles. The lowest BCUT2D eigenvalue weighted by atomic mass is 10.0. The van der Waals surface area contributed by atoms with Crippen molar-refractivity contribution < 1.29 is 31.1 Å². The van der Waals surface area contributed by atoms with E-state index in [0.29, 0.717) is 23.3 Å². The maximum atomic E-state index is 14.2. The first-order valence-electron chi connectivity index (χ1n) is 7.76. The quantitative estimate of drug-likeness (QED) is 0.340. The van der Waals surface area contributed by atoms with Crippen LogP contribution in [0.1, 0.15) is 18.6 Å². The van der Waals surface area contributed by atoms with Gasteiger partial charge in [0.15, 0.2) is 17.5 Å². The van der Waals surface area contributed by atoms with Crippen molar-refractivity contribution in [3.8, 4) is 16.9 Å². The van der Waals surface area contributed by atoms with Gasteiger partial charge in [0.2, 0.25) is 0 Å². The first-order chi connectivity index (χ1) is 12.7. The lowest BCUT2D eigenvalue weighted by Gasteiger charge is -2.19. The summed E-state index contributed by atoms with van der Waals surface area (Å²) in [6, 6.07) is 9.72. The molecule has 0 spiro atoms. The SMILES string of the molecule is C.Cc1ccc(-c2ccc(C(F)(F)Oc3cc(F)c(F)c(F)c3)cc2)c(F)c1. The lowest BCUT2D eigenvalue weighted by molar-refractivity contribution is -0.185. The summed E-state index contributed by atoms with van der Waals surface area (Å²) in [6.45, 7) is 1.72. The summed E-state index contributed by atoms with van der Waals surface area (Å²) in [4.78, 5) is 0. The molecule has 0 aliphatic heterocycles. The summed E-state index contributed by atoms with van der Waals surface area (Å²) in [7, 11) is 0. The molecule has 0 bridgehead atoms. The monoisotopic (exact) mass is 398 g/mol. The minimum absolute atomic E-state index is 0. The average Bonchev–Trinajstić information content (AvgIpc) is 2.59. The molecule has 7 heteroatoms. The zero-order valence-electron chi connectivity index (χ0n) is 13.9. The van der Waals surface area contributed by atoms with Crippen molar-refractivity contribution in [1.29, 1.82) is 0 Å². The number of aryl methyl sites for hydroxylation is 1. The molecule has 0 N–H and O–H groups in total. The van der Waals surface area contributed by atoms with Gasteiger partial charge in [0.25, 0.3) is 0 Å². The minimum Gasteiger partial charge on any atom is -0.429 e. The fraction of sp³-hybridized carbons (Fsp3) is 0.143. The van der Waals surface area contributed by atoms with Crippen molar-refractivity contribution in [3.63, 3.8) is 0 Å². The second-order valence-electron chi connectivity index (χ2n) is 5.88. The largest absolute Gasteiger partial charge is 0.429 e. The molecule has 0 atom stereocenters. The van der Waals surface area contributed by atoms with Gasteiger partial charge in [-0.2, -0.15) is 8.78 Å². The van der Waals surface area contributed by atoms with Crippen LogP contribution in [0, 0.1) is 30.2 Å². The highest BCUT2D eigenvalue weighted by atomic mass is 19.3. The van der Waals surface area contributed by atoms with E-state index in [1.807, 2.05) is 0 Å². The molecular formula is C21H16F6O. The molecule has 0 unspecified atom stereocenters. The third-order valence-electron chi connectivity index (χ3n) is 3.86. The fourth-order valence-electron chi connectivity index (χ4n) is 2.50. The van der Waals surface area contributed by atoms with Gasteiger partial charge in [-0.05, 0) is 36.2 Å². The summed E-state index contributed by atoms with van der Waals surface area (Å²) in [5, 5.41) is 0. The maximum Gasteiger partial charge on any atom is 0.426 e. The fourth-order valence-corrected chi connectivity index (χ4v) is 2.50. The van der Waals surface area contributed by atoms with E-state index >= 15 is 0 Å². The van der Waals surface area contributed by atoms with Gasteiger partial charge >= 0.3 is 6.11 Å². The van der Waals surface area contributed by atoms with Crippen molar-refractivity contribution in [3.05, 3.63) is 89.0 Å². The van der Waals surface area contributed by atoms with Crippen LogP contribution in [-0.2, 0) is 6.11 Å². The maximum absolute atomic E-state index is 14.2. The van der Waals surface area contributed by atoms with Crippen molar-refractivity contribution >= 4 is 0 Å². The van der Waals surface area contributed by atoms with Crippen LogP contribution >= 0.6 is 0 Å². The van der Waals surface area contributed by atoms with E-state index in [-0.39, 0.29) is 13.0 Å². The van der Waals surface area contributed by atoms with Gasteiger partial charge in [0.1, 0.15) is 11.6 Å². The predicted octanol–water partition coefficient (Wildman–Crippen LogP) is 6.98. The molecule has 1 nitrogen and oxygen atoms in total. The van der Waals surface area contributed by atoms with E-state index in [2.05, 4.69) is 4.74 Å². The summed E-state index contributed by atoms with van der Waals surface area (Å²) in [5.74, 6) is -6.44. The average molecular weight is 398 g/mol. The van der Waals surface area contributed by atoms with Crippen LogP contribution in [0.5, 0.6) is 5.75 Å². The standard InChI is InChI=1S/C20H12F6O.CH4/c1-11-2-7-15(16(21)8-11)12-3-5-13(6-4-12)20(25,26)27-14-9-17(22)19(24)18(23)10-14;/h2-10H,1H3;1H4. The topological polar surface area (TPSA) is 9.23 Å². The first kappa shape index (κ1) is 21.3. The van der Waals surface area contributed by atoms with Crippen molar-refractivity contribution in [1.82, 2.24) is 0 Å². The van der Waals surface area contributed by atoms with Crippen LogP contribution < -0.4 is 4.74 Å². The van der Waals surface area contributed by atoms with Gasteiger partial charge in [0.05, 0.1) is 5.56 Å². The van der Waals surface area contributed by atoms with Gasteiger partial charge in [0, 0.05) is 17.7 Å². The van der Waals surface area contributed by atoms with Gasteiger partial charge in [-0.15, -0.1) is 0 Å². The smallest absolute Gasteiger partial charge is 0.426 e. The zero-order valence-corrected chi connectivity index (χ0v) is 13.9. The van der Waals surface area contributed by atoms with Gasteiger partial charge in [-0.3, -0.25) is 0 Å². The molecule has 0 radical (unpaired) electrons. The lowest BCUT2D eigenvalue weighted by Crippen LogP contribution is -2.22. The summed E-state index contributed by atoms with van der Waals surface area (Å²) in [6.07, 6.45) is -3.94. The van der Waals surface area contributed by atoms with Crippen LogP contribution in [0.4, 0.5) is 26.3 Å². The third-order valence-corrected chi connectivity index (χ3v) is 3.86. The number of alkyl halides is 2. The number of ether oxygens (including phenoxy) is 1. The highest BCUT2D eigenvalue weighted by Gasteiger charge is 2.35. The molecule has 3 aromatic rings. The van der Waals surface area contributed by atoms with Gasteiger partial charge < -0.3 is 4.74 Å². The molecule has 0 fully saturated rings. The van der Waals surface area contributed by atoms with Crippen LogP contribution in [0.3, 0.4) is 0 Å². The van der Waals surface area contributed by atoms with Crippen LogP contribution in [-0.4, -0.2) is 0 Å². The number of benzene rings is 3. The van der Waals surface area contributed by atoms with E-state index in [0.717, 1.165) is 12.1 Å². The molecular weight excluding hydrogens is 382 g/mol. The Balaban J connectivity index is 0.00000280.